The average Bonchev–Trinajstić information content (AvgIpc) is 3.35. The number of pyridine rings is 1. The number of carbonyl (C=O) groups is 1. The Morgan fingerprint density at radius 1 is 1.21 bits per heavy atom. The number of hydrogen-bond acceptors (Lipinski definition) is 3. The van der Waals surface area contributed by atoms with Gasteiger partial charge in [-0.15, -0.1) is 0 Å². The Hall–Kier alpha value is -2.82. The topological polar surface area (TPSA) is 56.1 Å². The quantitative estimate of drug-likeness (QED) is 0.710. The van der Waals surface area contributed by atoms with E-state index in [4.69, 9.17) is 4.74 Å². The smallest absolute Gasteiger partial charge is 0.268 e. The van der Waals surface area contributed by atoms with Gasteiger partial charge in [-0.1, -0.05) is 18.2 Å². The number of fused-ring (bicyclic) bond motifs is 1. The number of amides is 1. The van der Waals surface area contributed by atoms with Gasteiger partial charge in [0, 0.05) is 23.8 Å². The van der Waals surface area contributed by atoms with Crippen LogP contribution in [0.3, 0.4) is 0 Å². The van der Waals surface area contributed by atoms with E-state index in [0.717, 1.165) is 35.2 Å². The van der Waals surface area contributed by atoms with Gasteiger partial charge in [0.15, 0.2) is 0 Å². The lowest BCUT2D eigenvalue weighted by atomic mass is 10.2. The van der Waals surface area contributed by atoms with Crippen LogP contribution in [0.2, 0.25) is 0 Å². The monoisotopic (exact) mass is 321 g/mol. The third kappa shape index (κ3) is 2.97. The van der Waals surface area contributed by atoms with Crippen molar-refractivity contribution in [3.05, 3.63) is 60.6 Å². The molecule has 122 valence electrons. The zero-order valence-corrected chi connectivity index (χ0v) is 13.3. The summed E-state index contributed by atoms with van der Waals surface area (Å²) in [6.45, 7) is 0.865. The number of nitrogens with one attached hydrogen (secondary N) is 1. The summed E-state index contributed by atoms with van der Waals surface area (Å²) in [6, 6.07) is 14.0. The van der Waals surface area contributed by atoms with Crippen LogP contribution in [0, 0.1) is 0 Å². The molecule has 1 amide bonds. The first kappa shape index (κ1) is 14.8. The summed E-state index contributed by atoms with van der Waals surface area (Å²) in [5.41, 5.74) is 1.57. The van der Waals surface area contributed by atoms with Crippen LogP contribution in [0.5, 0.6) is 5.75 Å². The summed E-state index contributed by atoms with van der Waals surface area (Å²) in [7, 11) is 0. The van der Waals surface area contributed by atoms with Gasteiger partial charge in [0.1, 0.15) is 23.6 Å². The molecule has 0 saturated heterocycles. The molecule has 0 spiro atoms. The summed E-state index contributed by atoms with van der Waals surface area (Å²) < 4.78 is 7.85. The second kappa shape index (κ2) is 6.35. The normalized spacial score (nSPS) is 13.8. The highest BCUT2D eigenvalue weighted by molar-refractivity contribution is 5.92. The molecule has 1 saturated carbocycles. The van der Waals surface area contributed by atoms with Crippen molar-refractivity contribution in [1.29, 1.82) is 0 Å². The summed E-state index contributed by atoms with van der Waals surface area (Å²) in [6.07, 6.45) is 6.05. The fraction of sp³-hybridized carbons (Fsp3) is 0.263. The van der Waals surface area contributed by atoms with Crippen LogP contribution < -0.4 is 10.1 Å². The van der Waals surface area contributed by atoms with Crippen molar-refractivity contribution < 1.29 is 9.53 Å². The molecule has 2 aromatic heterocycles. The Morgan fingerprint density at radius 2 is 2.08 bits per heavy atom. The highest BCUT2D eigenvalue weighted by Crippen LogP contribution is 2.35. The fourth-order valence-corrected chi connectivity index (χ4v) is 2.87. The third-order valence-electron chi connectivity index (χ3n) is 4.19. The maximum atomic E-state index is 12.3. The molecule has 4 rings (SSSR count). The van der Waals surface area contributed by atoms with E-state index in [9.17, 15) is 4.79 Å². The molecule has 24 heavy (non-hydrogen) atoms. The lowest BCUT2D eigenvalue weighted by Crippen LogP contribution is -2.29. The van der Waals surface area contributed by atoms with Gasteiger partial charge >= 0.3 is 0 Å². The van der Waals surface area contributed by atoms with Crippen LogP contribution in [0.4, 0.5) is 0 Å². The molecule has 2 heterocycles. The van der Waals surface area contributed by atoms with Gasteiger partial charge in [-0.05, 0) is 37.1 Å². The summed E-state index contributed by atoms with van der Waals surface area (Å²) >= 11 is 0. The average molecular weight is 321 g/mol. The van der Waals surface area contributed by atoms with E-state index in [1.54, 1.807) is 6.20 Å². The van der Waals surface area contributed by atoms with E-state index in [1.165, 1.54) is 0 Å². The van der Waals surface area contributed by atoms with Gasteiger partial charge in [-0.3, -0.25) is 9.78 Å². The molecule has 1 aromatic carbocycles. The van der Waals surface area contributed by atoms with Gasteiger partial charge in [0.2, 0.25) is 0 Å². The SMILES string of the molecule is O=C(NCCOc1cccc2cccnc12)c1cccn1C1CC1. The molecule has 1 fully saturated rings. The second-order valence-corrected chi connectivity index (χ2v) is 5.97. The van der Waals surface area contributed by atoms with Crippen LogP contribution >= 0.6 is 0 Å². The molecule has 0 unspecified atom stereocenters. The van der Waals surface area contributed by atoms with Crippen molar-refractivity contribution in [2.45, 2.75) is 18.9 Å². The van der Waals surface area contributed by atoms with E-state index < -0.39 is 0 Å². The summed E-state index contributed by atoms with van der Waals surface area (Å²) in [5, 5.41) is 3.96. The lowest BCUT2D eigenvalue weighted by Gasteiger charge is -2.11. The number of hydrogen-bond donors (Lipinski definition) is 1. The van der Waals surface area contributed by atoms with Crippen molar-refractivity contribution in [2.75, 3.05) is 13.2 Å². The van der Waals surface area contributed by atoms with Crippen molar-refractivity contribution in [1.82, 2.24) is 14.9 Å². The second-order valence-electron chi connectivity index (χ2n) is 5.97. The van der Waals surface area contributed by atoms with Gasteiger partial charge in [0.05, 0.1) is 6.54 Å². The number of benzene rings is 1. The van der Waals surface area contributed by atoms with Crippen molar-refractivity contribution in [3.63, 3.8) is 0 Å². The molecular weight excluding hydrogens is 302 g/mol. The zero-order chi connectivity index (χ0) is 16.4. The van der Waals surface area contributed by atoms with E-state index in [2.05, 4.69) is 14.9 Å². The van der Waals surface area contributed by atoms with Crippen molar-refractivity contribution in [3.8, 4) is 5.75 Å². The van der Waals surface area contributed by atoms with Crippen LogP contribution in [0.1, 0.15) is 29.4 Å². The van der Waals surface area contributed by atoms with Gasteiger partial charge in [-0.2, -0.15) is 0 Å². The number of ether oxygens (including phenoxy) is 1. The molecule has 1 aliphatic carbocycles. The molecule has 0 radical (unpaired) electrons. The molecule has 0 atom stereocenters. The third-order valence-corrected chi connectivity index (χ3v) is 4.19. The van der Waals surface area contributed by atoms with Gasteiger partial charge < -0.3 is 14.6 Å². The molecule has 0 bridgehead atoms. The standard InChI is InChI=1S/C19H19N3O2/c23-19(16-6-3-12-22(16)15-8-9-15)21-11-13-24-17-7-1-4-14-5-2-10-20-18(14)17/h1-7,10,12,15H,8-9,11,13H2,(H,21,23). The maximum absolute atomic E-state index is 12.3. The van der Waals surface area contributed by atoms with Crippen LogP contribution in [0.25, 0.3) is 10.9 Å². The number of rotatable bonds is 6. The van der Waals surface area contributed by atoms with Crippen LogP contribution in [-0.2, 0) is 0 Å². The molecule has 5 heteroatoms. The van der Waals surface area contributed by atoms with E-state index in [0.29, 0.717) is 19.2 Å². The highest BCUT2D eigenvalue weighted by atomic mass is 16.5. The number of para-hydroxylation sites is 1. The first-order valence-electron chi connectivity index (χ1n) is 8.24. The predicted molar refractivity (Wildman–Crippen MR) is 92.3 cm³/mol. The molecule has 1 aliphatic rings. The Morgan fingerprint density at radius 3 is 2.96 bits per heavy atom. The molecule has 0 aliphatic heterocycles. The van der Waals surface area contributed by atoms with Crippen molar-refractivity contribution >= 4 is 16.8 Å². The minimum absolute atomic E-state index is 0.0495. The lowest BCUT2D eigenvalue weighted by molar-refractivity contribution is 0.0937. The Bertz CT molecular complexity index is 862. The van der Waals surface area contributed by atoms with Gasteiger partial charge in [0.25, 0.3) is 5.91 Å². The number of aromatic nitrogens is 2. The Kier molecular flexibility index (Phi) is 3.91. The minimum atomic E-state index is -0.0495. The maximum Gasteiger partial charge on any atom is 0.268 e. The fourth-order valence-electron chi connectivity index (χ4n) is 2.87. The van der Waals surface area contributed by atoms with Crippen molar-refractivity contribution in [2.24, 2.45) is 0 Å². The first-order valence-corrected chi connectivity index (χ1v) is 8.24. The molecule has 1 N–H and O–H groups in total. The van der Waals surface area contributed by atoms with Crippen LogP contribution in [-0.4, -0.2) is 28.6 Å². The minimum Gasteiger partial charge on any atom is -0.489 e. The molecular formula is C19H19N3O2. The largest absolute Gasteiger partial charge is 0.489 e. The Labute approximate surface area is 140 Å². The van der Waals surface area contributed by atoms with E-state index >= 15 is 0 Å². The van der Waals surface area contributed by atoms with E-state index in [-0.39, 0.29) is 5.91 Å². The van der Waals surface area contributed by atoms with Gasteiger partial charge in [-0.25, -0.2) is 0 Å². The summed E-state index contributed by atoms with van der Waals surface area (Å²) in [4.78, 5) is 16.6. The number of nitrogens with zero attached hydrogens (tertiary/aromatic N) is 2. The highest BCUT2D eigenvalue weighted by Gasteiger charge is 2.26. The van der Waals surface area contributed by atoms with Crippen LogP contribution in [0.15, 0.2) is 54.9 Å². The molecule has 3 aromatic rings. The molecule has 5 nitrogen and oxygen atoms in total. The van der Waals surface area contributed by atoms with E-state index in [1.807, 2.05) is 48.7 Å². The Balaban J connectivity index is 1.34. The number of carbonyl (C=O) groups excluding carboxylic acids is 1. The summed E-state index contributed by atoms with van der Waals surface area (Å²) in [5.74, 6) is 0.690. The predicted octanol–water partition coefficient (Wildman–Crippen LogP) is 3.18. The zero-order valence-electron chi connectivity index (χ0n) is 13.3. The first-order chi connectivity index (χ1) is 11.8.